The van der Waals surface area contributed by atoms with Crippen molar-refractivity contribution in [3.63, 3.8) is 0 Å². The average molecular weight is 532 g/mol. The Labute approximate surface area is 214 Å². The molecule has 192 valence electrons. The first-order valence-corrected chi connectivity index (χ1v) is 13.9. The van der Waals surface area contributed by atoms with Crippen molar-refractivity contribution in [1.82, 2.24) is 19.2 Å². The number of aromatic nitrogens is 2. The van der Waals surface area contributed by atoms with Crippen LogP contribution in [0.5, 0.6) is 5.88 Å². The van der Waals surface area contributed by atoms with Gasteiger partial charge in [-0.2, -0.15) is 4.31 Å². The molecular weight excluding hydrogens is 502 g/mol. The lowest BCUT2D eigenvalue weighted by atomic mass is 9.81. The predicted octanol–water partition coefficient (Wildman–Crippen LogP) is 2.61. The van der Waals surface area contributed by atoms with Crippen LogP contribution in [0.2, 0.25) is 0 Å². The number of amides is 1. The van der Waals surface area contributed by atoms with Crippen LogP contribution in [0, 0.1) is 0 Å². The van der Waals surface area contributed by atoms with Crippen molar-refractivity contribution in [1.29, 1.82) is 0 Å². The number of ether oxygens (including phenoxy) is 2. The molecule has 1 aromatic carbocycles. The Balaban J connectivity index is 1.59. The number of nitrogens with zero attached hydrogens (tertiary/aromatic N) is 5. The quantitative estimate of drug-likeness (QED) is 0.458. The lowest BCUT2D eigenvalue weighted by molar-refractivity contribution is -0.127. The summed E-state index contributed by atoms with van der Waals surface area (Å²) in [5.74, 6) is 0.544. The molecule has 1 fully saturated rings. The first kappa shape index (κ1) is 24.9. The highest BCUT2D eigenvalue weighted by Crippen LogP contribution is 2.50. The standard InChI is InChI=1S/C24H29N5O5S2/c1-16(30)28-10-9-24(14-28)15-29(23-25-19-6-8-21(34-4)26-22(19)35-23)20-7-5-17(13-18(20)24)36(31,32)27(2)11-12-33-3/h5-8,13H,9-12,14-15H2,1-4H3. The number of sulfonamides is 1. The maximum Gasteiger partial charge on any atom is 0.242 e. The molecule has 1 unspecified atom stereocenters. The zero-order valence-corrected chi connectivity index (χ0v) is 22.4. The summed E-state index contributed by atoms with van der Waals surface area (Å²) in [6.45, 7) is 3.91. The average Bonchev–Trinajstić information content (AvgIpc) is 3.57. The Bertz CT molecular complexity index is 1430. The lowest BCUT2D eigenvalue weighted by Gasteiger charge is -2.25. The van der Waals surface area contributed by atoms with Crippen LogP contribution in [-0.2, 0) is 25.0 Å². The molecule has 2 aliphatic rings. The van der Waals surface area contributed by atoms with Crippen molar-refractivity contribution in [3.05, 3.63) is 35.9 Å². The van der Waals surface area contributed by atoms with Crippen LogP contribution in [0.4, 0.5) is 10.8 Å². The number of carbonyl (C=O) groups is 1. The fraction of sp³-hybridized carbons (Fsp3) is 0.458. The zero-order valence-electron chi connectivity index (χ0n) is 20.7. The number of rotatable bonds is 7. The number of hydrogen-bond donors (Lipinski definition) is 0. The molecule has 0 radical (unpaired) electrons. The Morgan fingerprint density at radius 3 is 2.69 bits per heavy atom. The summed E-state index contributed by atoms with van der Waals surface area (Å²) in [7, 11) is 0.976. The largest absolute Gasteiger partial charge is 0.481 e. The molecule has 3 aromatic rings. The van der Waals surface area contributed by atoms with E-state index in [0.717, 1.165) is 33.2 Å². The number of carbonyl (C=O) groups excluding carboxylic acids is 1. The summed E-state index contributed by atoms with van der Waals surface area (Å²) in [6, 6.07) is 8.95. The van der Waals surface area contributed by atoms with Crippen molar-refractivity contribution in [2.45, 2.75) is 23.7 Å². The van der Waals surface area contributed by atoms with Crippen molar-refractivity contribution in [3.8, 4) is 5.88 Å². The monoisotopic (exact) mass is 531 g/mol. The summed E-state index contributed by atoms with van der Waals surface area (Å²) in [4.78, 5) is 26.5. The van der Waals surface area contributed by atoms with E-state index < -0.39 is 10.0 Å². The van der Waals surface area contributed by atoms with Gasteiger partial charge in [-0.05, 0) is 36.2 Å². The van der Waals surface area contributed by atoms with Crippen LogP contribution < -0.4 is 9.64 Å². The Hall–Kier alpha value is -2.80. The molecule has 4 heterocycles. The fourth-order valence-electron chi connectivity index (χ4n) is 5.01. The predicted molar refractivity (Wildman–Crippen MR) is 138 cm³/mol. The summed E-state index contributed by atoms with van der Waals surface area (Å²) in [5, 5.41) is 0.776. The molecule has 1 amide bonds. The van der Waals surface area contributed by atoms with Gasteiger partial charge in [0.2, 0.25) is 21.8 Å². The second-order valence-corrected chi connectivity index (χ2v) is 12.2. The minimum atomic E-state index is -3.70. The Kier molecular flexibility index (Phi) is 6.39. The first-order valence-electron chi connectivity index (χ1n) is 11.6. The molecule has 0 saturated carbocycles. The van der Waals surface area contributed by atoms with Crippen molar-refractivity contribution in [2.24, 2.45) is 0 Å². The Morgan fingerprint density at radius 1 is 1.19 bits per heavy atom. The maximum absolute atomic E-state index is 13.3. The first-order chi connectivity index (χ1) is 17.2. The third kappa shape index (κ3) is 4.11. The van der Waals surface area contributed by atoms with Crippen LogP contribution >= 0.6 is 11.3 Å². The molecule has 1 spiro atoms. The van der Waals surface area contributed by atoms with E-state index in [1.54, 1.807) is 46.4 Å². The van der Waals surface area contributed by atoms with E-state index in [9.17, 15) is 13.2 Å². The molecule has 0 N–H and O–H groups in total. The van der Waals surface area contributed by atoms with Crippen LogP contribution in [0.3, 0.4) is 0 Å². The number of hydrogen-bond acceptors (Lipinski definition) is 9. The van der Waals surface area contributed by atoms with E-state index in [1.807, 2.05) is 17.0 Å². The Morgan fingerprint density at radius 2 is 2.00 bits per heavy atom. The van der Waals surface area contributed by atoms with Gasteiger partial charge < -0.3 is 19.3 Å². The number of likely N-dealkylation sites (N-methyl/N-ethyl adjacent to an activating group) is 1. The van der Waals surface area contributed by atoms with E-state index in [-0.39, 0.29) is 22.8 Å². The van der Waals surface area contributed by atoms with Gasteiger partial charge in [-0.3, -0.25) is 4.79 Å². The van der Waals surface area contributed by atoms with E-state index in [4.69, 9.17) is 14.5 Å². The number of benzene rings is 1. The molecule has 0 aliphatic carbocycles. The summed E-state index contributed by atoms with van der Waals surface area (Å²) < 4.78 is 38.2. The van der Waals surface area contributed by atoms with E-state index in [1.165, 1.54) is 15.6 Å². The summed E-state index contributed by atoms with van der Waals surface area (Å²) >= 11 is 1.46. The lowest BCUT2D eigenvalue weighted by Crippen LogP contribution is -2.36. The molecule has 10 nitrogen and oxygen atoms in total. The third-order valence-electron chi connectivity index (χ3n) is 7.07. The smallest absolute Gasteiger partial charge is 0.242 e. The number of fused-ring (bicyclic) bond motifs is 3. The van der Waals surface area contributed by atoms with Crippen LogP contribution in [-0.4, -0.2) is 87.6 Å². The zero-order chi connectivity index (χ0) is 25.7. The molecule has 1 saturated heterocycles. The maximum atomic E-state index is 13.3. The summed E-state index contributed by atoms with van der Waals surface area (Å²) in [6.07, 6.45) is 0.746. The fourth-order valence-corrected chi connectivity index (χ4v) is 7.13. The van der Waals surface area contributed by atoms with Crippen molar-refractivity contribution in [2.75, 3.05) is 59.0 Å². The molecule has 2 aliphatic heterocycles. The normalized spacial score (nSPS) is 19.6. The topological polar surface area (TPSA) is 105 Å². The highest BCUT2D eigenvalue weighted by Gasteiger charge is 2.49. The molecule has 0 bridgehead atoms. The van der Waals surface area contributed by atoms with E-state index in [2.05, 4.69) is 9.88 Å². The van der Waals surface area contributed by atoms with Gasteiger partial charge in [0.25, 0.3) is 0 Å². The third-order valence-corrected chi connectivity index (χ3v) is 9.91. The second kappa shape index (κ2) is 9.25. The summed E-state index contributed by atoms with van der Waals surface area (Å²) in [5.41, 5.74) is 2.22. The van der Waals surface area contributed by atoms with E-state index >= 15 is 0 Å². The van der Waals surface area contributed by atoms with Gasteiger partial charge in [-0.1, -0.05) is 11.3 Å². The minimum absolute atomic E-state index is 0.0197. The number of thiazole rings is 1. The second-order valence-electron chi connectivity index (χ2n) is 9.23. The molecule has 2 aromatic heterocycles. The highest BCUT2D eigenvalue weighted by molar-refractivity contribution is 7.89. The van der Waals surface area contributed by atoms with Crippen molar-refractivity contribution < 1.29 is 22.7 Å². The van der Waals surface area contributed by atoms with Gasteiger partial charge >= 0.3 is 0 Å². The molecule has 5 rings (SSSR count). The highest BCUT2D eigenvalue weighted by atomic mass is 32.2. The molecular formula is C24H29N5O5S2. The van der Waals surface area contributed by atoms with Crippen LogP contribution in [0.1, 0.15) is 18.9 Å². The molecule has 1 atom stereocenters. The van der Waals surface area contributed by atoms with Gasteiger partial charge in [0.1, 0.15) is 10.3 Å². The van der Waals surface area contributed by atoms with Crippen LogP contribution in [0.25, 0.3) is 10.3 Å². The van der Waals surface area contributed by atoms with E-state index in [0.29, 0.717) is 32.1 Å². The number of pyridine rings is 1. The molecule has 36 heavy (non-hydrogen) atoms. The molecule has 12 heteroatoms. The SMILES string of the molecule is COCCN(C)S(=O)(=O)c1ccc2c(c1)C1(CCN(C(C)=O)C1)CN2c1nc2ccc(OC)nc2s1. The number of likely N-dealkylation sites (tertiary alicyclic amines) is 1. The van der Waals surface area contributed by atoms with Crippen LogP contribution in [0.15, 0.2) is 35.2 Å². The van der Waals surface area contributed by atoms with Gasteiger partial charge in [-0.25, -0.2) is 18.4 Å². The van der Waals surface area contributed by atoms with Gasteiger partial charge in [-0.15, -0.1) is 0 Å². The number of anilines is 2. The van der Waals surface area contributed by atoms with Gasteiger partial charge in [0, 0.05) is 64.4 Å². The van der Waals surface area contributed by atoms with Gasteiger partial charge in [0.15, 0.2) is 5.13 Å². The van der Waals surface area contributed by atoms with Gasteiger partial charge in [0.05, 0.1) is 18.6 Å². The number of methoxy groups -OCH3 is 2. The minimum Gasteiger partial charge on any atom is -0.481 e. The van der Waals surface area contributed by atoms with Crippen molar-refractivity contribution >= 4 is 48.4 Å².